The zero-order chi connectivity index (χ0) is 16.8. The van der Waals surface area contributed by atoms with E-state index < -0.39 is 11.8 Å². The Morgan fingerprint density at radius 1 is 1.29 bits per heavy atom. The number of hydrogen-bond donors (Lipinski definition) is 2. The van der Waals surface area contributed by atoms with E-state index in [-0.39, 0.29) is 6.54 Å². The summed E-state index contributed by atoms with van der Waals surface area (Å²) in [5, 5.41) is 5.21. The Balaban J connectivity index is 1.55. The number of carbonyl (C=O) groups excluding carboxylic acids is 1. The molecule has 0 bridgehead atoms. The van der Waals surface area contributed by atoms with Crippen LogP contribution in [-0.4, -0.2) is 42.3 Å². The highest BCUT2D eigenvalue weighted by Gasteiger charge is 2.13. The molecule has 2 amide bonds. The summed E-state index contributed by atoms with van der Waals surface area (Å²) in [5.41, 5.74) is 0.385. The van der Waals surface area contributed by atoms with Gasteiger partial charge in [-0.2, -0.15) is 0 Å². The van der Waals surface area contributed by atoms with Crippen LogP contribution in [0.25, 0.3) is 0 Å². The number of amides is 2. The molecule has 2 aromatic rings. The van der Waals surface area contributed by atoms with Gasteiger partial charge < -0.3 is 20.3 Å². The molecule has 1 aliphatic heterocycles. The van der Waals surface area contributed by atoms with Gasteiger partial charge in [0.15, 0.2) is 0 Å². The van der Waals surface area contributed by atoms with Gasteiger partial charge in [-0.3, -0.25) is 0 Å². The number of nitrogens with one attached hydrogen (secondary N) is 2. The van der Waals surface area contributed by atoms with E-state index in [0.717, 1.165) is 18.9 Å². The van der Waals surface area contributed by atoms with Crippen LogP contribution in [0.4, 0.5) is 20.7 Å². The number of urea groups is 1. The number of rotatable bonds is 4. The molecule has 2 heterocycles. The lowest BCUT2D eigenvalue weighted by Crippen LogP contribution is -2.37. The van der Waals surface area contributed by atoms with E-state index in [1.165, 1.54) is 18.2 Å². The molecule has 1 aromatic carbocycles. The van der Waals surface area contributed by atoms with Crippen LogP contribution in [0.5, 0.6) is 0 Å². The third-order valence-electron chi connectivity index (χ3n) is 3.52. The molecular weight excluding hydrogens is 313 g/mol. The van der Waals surface area contributed by atoms with Crippen molar-refractivity contribution < 1.29 is 13.9 Å². The van der Waals surface area contributed by atoms with Crippen molar-refractivity contribution in [3.63, 3.8) is 0 Å². The number of nitrogens with zero attached hydrogens (tertiary/aromatic N) is 3. The van der Waals surface area contributed by atoms with Gasteiger partial charge in [-0.25, -0.2) is 19.2 Å². The Bertz CT molecular complexity index is 706. The van der Waals surface area contributed by atoms with E-state index in [0.29, 0.717) is 24.7 Å². The average Bonchev–Trinajstić information content (AvgIpc) is 2.61. The Hall–Kier alpha value is -2.74. The van der Waals surface area contributed by atoms with Gasteiger partial charge in [-0.1, -0.05) is 6.07 Å². The van der Waals surface area contributed by atoms with Gasteiger partial charge in [0.25, 0.3) is 0 Å². The van der Waals surface area contributed by atoms with Crippen LogP contribution in [0, 0.1) is 5.82 Å². The molecule has 7 nitrogen and oxygen atoms in total. The van der Waals surface area contributed by atoms with Gasteiger partial charge in [0.1, 0.15) is 17.5 Å². The second-order valence-corrected chi connectivity index (χ2v) is 5.25. The fourth-order valence-electron chi connectivity index (χ4n) is 2.34. The molecule has 0 aliphatic carbocycles. The summed E-state index contributed by atoms with van der Waals surface area (Å²) in [6, 6.07) is 7.09. The number of ether oxygens (including phenoxy) is 1. The summed E-state index contributed by atoms with van der Waals surface area (Å²) in [6.45, 7) is 3.09. The molecule has 0 saturated carbocycles. The molecule has 24 heavy (non-hydrogen) atoms. The van der Waals surface area contributed by atoms with Gasteiger partial charge in [0.05, 0.1) is 19.8 Å². The van der Waals surface area contributed by atoms with Gasteiger partial charge >= 0.3 is 6.03 Å². The lowest BCUT2D eigenvalue weighted by molar-refractivity contribution is 0.122. The number of halogens is 1. The normalized spacial score (nSPS) is 14.3. The van der Waals surface area contributed by atoms with Crippen LogP contribution >= 0.6 is 0 Å². The lowest BCUT2D eigenvalue weighted by atomic mass is 10.3. The van der Waals surface area contributed by atoms with Crippen molar-refractivity contribution in [3.05, 3.63) is 48.2 Å². The number of morpholine rings is 1. The molecule has 8 heteroatoms. The average molecular weight is 331 g/mol. The Labute approximate surface area is 138 Å². The summed E-state index contributed by atoms with van der Waals surface area (Å²) < 4.78 is 18.4. The van der Waals surface area contributed by atoms with Crippen molar-refractivity contribution in [1.82, 2.24) is 15.3 Å². The molecule has 1 fully saturated rings. The first kappa shape index (κ1) is 16.1. The van der Waals surface area contributed by atoms with Crippen LogP contribution in [0.3, 0.4) is 0 Å². The van der Waals surface area contributed by atoms with E-state index in [2.05, 4.69) is 25.5 Å². The minimum atomic E-state index is -0.444. The minimum absolute atomic E-state index is 0.180. The smallest absolute Gasteiger partial charge is 0.319 e. The first-order chi connectivity index (χ1) is 11.7. The largest absolute Gasteiger partial charge is 0.378 e. The maximum Gasteiger partial charge on any atom is 0.319 e. The Morgan fingerprint density at radius 2 is 2.12 bits per heavy atom. The Morgan fingerprint density at radius 3 is 2.92 bits per heavy atom. The van der Waals surface area contributed by atoms with E-state index in [9.17, 15) is 9.18 Å². The van der Waals surface area contributed by atoms with E-state index in [4.69, 9.17) is 4.74 Å². The molecule has 3 rings (SSSR count). The molecule has 1 saturated heterocycles. The highest BCUT2D eigenvalue weighted by molar-refractivity contribution is 5.89. The summed E-state index contributed by atoms with van der Waals surface area (Å²) >= 11 is 0. The van der Waals surface area contributed by atoms with Gasteiger partial charge in [-0.05, 0) is 24.3 Å². The number of carbonyl (C=O) groups is 1. The fourth-order valence-corrected chi connectivity index (χ4v) is 2.34. The molecule has 1 aromatic heterocycles. The van der Waals surface area contributed by atoms with Gasteiger partial charge in [-0.15, -0.1) is 0 Å². The maximum absolute atomic E-state index is 13.1. The standard InChI is InChI=1S/C16H18FN5O2/c17-12-2-1-3-13(10-12)20-16(23)19-11-14-18-5-4-15(21-14)22-6-8-24-9-7-22/h1-5,10H,6-9,11H2,(H2,19,20,23). The minimum Gasteiger partial charge on any atom is -0.378 e. The lowest BCUT2D eigenvalue weighted by Gasteiger charge is -2.27. The monoisotopic (exact) mass is 331 g/mol. The summed E-state index contributed by atoms with van der Waals surface area (Å²) in [6.07, 6.45) is 1.67. The quantitative estimate of drug-likeness (QED) is 0.893. The molecule has 0 radical (unpaired) electrons. The molecule has 126 valence electrons. The maximum atomic E-state index is 13.1. The van der Waals surface area contributed by atoms with Crippen molar-refractivity contribution in [1.29, 1.82) is 0 Å². The van der Waals surface area contributed by atoms with Crippen molar-refractivity contribution in [2.75, 3.05) is 36.5 Å². The molecule has 1 aliphatic rings. The molecule has 0 unspecified atom stereocenters. The predicted molar refractivity (Wildman–Crippen MR) is 87.3 cm³/mol. The van der Waals surface area contributed by atoms with E-state index >= 15 is 0 Å². The molecule has 0 spiro atoms. The van der Waals surface area contributed by atoms with Crippen molar-refractivity contribution in [2.45, 2.75) is 6.54 Å². The van der Waals surface area contributed by atoms with Crippen molar-refractivity contribution >= 4 is 17.5 Å². The number of aromatic nitrogens is 2. The fraction of sp³-hybridized carbons (Fsp3) is 0.312. The van der Waals surface area contributed by atoms with Crippen molar-refractivity contribution in [3.8, 4) is 0 Å². The summed E-state index contributed by atoms with van der Waals surface area (Å²) in [4.78, 5) is 22.6. The molecule has 0 atom stereocenters. The zero-order valence-corrected chi connectivity index (χ0v) is 13.0. The predicted octanol–water partition coefficient (Wildman–Crippen LogP) is 1.77. The third-order valence-corrected chi connectivity index (χ3v) is 3.52. The van der Waals surface area contributed by atoms with Crippen LogP contribution in [0.15, 0.2) is 36.5 Å². The number of hydrogen-bond acceptors (Lipinski definition) is 5. The van der Waals surface area contributed by atoms with E-state index in [1.54, 1.807) is 12.3 Å². The highest BCUT2D eigenvalue weighted by atomic mass is 19.1. The first-order valence-electron chi connectivity index (χ1n) is 7.66. The topological polar surface area (TPSA) is 79.4 Å². The number of benzene rings is 1. The zero-order valence-electron chi connectivity index (χ0n) is 13.0. The van der Waals surface area contributed by atoms with Gasteiger partial charge in [0.2, 0.25) is 0 Å². The second kappa shape index (κ2) is 7.69. The SMILES string of the molecule is O=C(NCc1nccc(N2CCOCC2)n1)Nc1cccc(F)c1. The van der Waals surface area contributed by atoms with Gasteiger partial charge in [0, 0.05) is 25.0 Å². The summed E-state index contributed by atoms with van der Waals surface area (Å²) in [5.74, 6) is 0.915. The van der Waals surface area contributed by atoms with Crippen molar-refractivity contribution in [2.24, 2.45) is 0 Å². The summed E-state index contributed by atoms with van der Waals surface area (Å²) in [7, 11) is 0. The number of anilines is 2. The van der Waals surface area contributed by atoms with Crippen LogP contribution < -0.4 is 15.5 Å². The first-order valence-corrected chi connectivity index (χ1v) is 7.66. The molecule has 2 N–H and O–H groups in total. The van der Waals surface area contributed by atoms with Crippen LogP contribution in [0.2, 0.25) is 0 Å². The van der Waals surface area contributed by atoms with E-state index in [1.807, 2.05) is 6.07 Å². The van der Waals surface area contributed by atoms with Crippen LogP contribution in [-0.2, 0) is 11.3 Å². The highest BCUT2D eigenvalue weighted by Crippen LogP contribution is 2.12. The molecular formula is C16H18FN5O2. The third kappa shape index (κ3) is 4.39. The second-order valence-electron chi connectivity index (χ2n) is 5.25. The van der Waals surface area contributed by atoms with Crippen LogP contribution in [0.1, 0.15) is 5.82 Å². The Kier molecular flexibility index (Phi) is 5.17.